The molecule has 2 aliphatic heterocycles. The molecule has 2 aromatic carbocycles. The summed E-state index contributed by atoms with van der Waals surface area (Å²) in [6.07, 6.45) is 1.63. The Hall–Kier alpha value is -4.25. The summed E-state index contributed by atoms with van der Waals surface area (Å²) >= 11 is 0. The van der Waals surface area contributed by atoms with Crippen molar-refractivity contribution in [2.45, 2.75) is 13.5 Å². The molecule has 0 radical (unpaired) electrons. The minimum atomic E-state index is -0.628. The molecule has 0 spiro atoms. The molecule has 0 aromatic heterocycles. The highest BCUT2D eigenvalue weighted by Gasteiger charge is 2.35. The molecule has 0 saturated heterocycles. The van der Waals surface area contributed by atoms with Gasteiger partial charge < -0.3 is 18.9 Å². The maximum Gasteiger partial charge on any atom is 0.271 e. The Balaban J connectivity index is 1.72. The number of hydrogen-bond donors (Lipinski definition) is 0. The molecule has 0 unspecified atom stereocenters. The summed E-state index contributed by atoms with van der Waals surface area (Å²) in [5.41, 5.74) is 1.86. The topological polar surface area (TPSA) is 98.1 Å². The van der Waals surface area contributed by atoms with E-state index in [1.807, 2.05) is 6.07 Å². The van der Waals surface area contributed by atoms with Crippen molar-refractivity contribution in [3.63, 3.8) is 0 Å². The fourth-order valence-corrected chi connectivity index (χ4v) is 3.60. The maximum atomic E-state index is 13.3. The van der Waals surface area contributed by atoms with Crippen LogP contribution in [-0.2, 0) is 16.1 Å². The number of carbonyl (C=O) groups is 2. The molecule has 2 aliphatic rings. The minimum Gasteiger partial charge on any atom is -0.493 e. The smallest absolute Gasteiger partial charge is 0.271 e. The largest absolute Gasteiger partial charge is 0.493 e. The summed E-state index contributed by atoms with van der Waals surface area (Å²) in [7, 11) is 3.05. The average molecular weight is 432 g/mol. The number of amides is 2. The highest BCUT2D eigenvalue weighted by molar-refractivity contribution is 6.19. The van der Waals surface area contributed by atoms with E-state index in [-0.39, 0.29) is 24.5 Å². The van der Waals surface area contributed by atoms with E-state index in [0.717, 1.165) is 4.90 Å². The molecule has 4 rings (SSSR count). The van der Waals surface area contributed by atoms with Gasteiger partial charge >= 0.3 is 0 Å². The Morgan fingerprint density at radius 3 is 2.50 bits per heavy atom. The zero-order valence-electron chi connectivity index (χ0n) is 17.8. The third-order valence-corrected chi connectivity index (χ3v) is 5.32. The van der Waals surface area contributed by atoms with Crippen molar-refractivity contribution in [1.29, 1.82) is 5.26 Å². The first-order valence-corrected chi connectivity index (χ1v) is 9.76. The van der Waals surface area contributed by atoms with Crippen LogP contribution in [0.2, 0.25) is 0 Å². The van der Waals surface area contributed by atoms with E-state index in [1.54, 1.807) is 49.4 Å². The van der Waals surface area contributed by atoms with Crippen LogP contribution < -0.4 is 18.9 Å². The van der Waals surface area contributed by atoms with Gasteiger partial charge in [-0.1, -0.05) is 12.1 Å². The molecule has 2 heterocycles. The van der Waals surface area contributed by atoms with Gasteiger partial charge in [0.2, 0.25) is 6.79 Å². The first-order chi connectivity index (χ1) is 15.5. The van der Waals surface area contributed by atoms with Crippen LogP contribution in [0.15, 0.2) is 53.1 Å². The monoisotopic (exact) mass is 432 g/mol. The number of benzene rings is 2. The van der Waals surface area contributed by atoms with Crippen LogP contribution in [0.1, 0.15) is 18.1 Å². The van der Waals surface area contributed by atoms with Gasteiger partial charge in [-0.15, -0.1) is 0 Å². The number of hydrogen-bond acceptors (Lipinski definition) is 7. The molecule has 0 saturated carbocycles. The number of ether oxygens (including phenoxy) is 4. The average Bonchev–Trinajstić information content (AvgIpc) is 3.27. The lowest BCUT2D eigenvalue weighted by Gasteiger charge is -2.27. The highest BCUT2D eigenvalue weighted by atomic mass is 16.7. The number of methoxy groups -OCH3 is 2. The molecule has 8 heteroatoms. The molecule has 2 amide bonds. The Morgan fingerprint density at radius 1 is 1.03 bits per heavy atom. The molecule has 0 fully saturated rings. The van der Waals surface area contributed by atoms with Crippen molar-refractivity contribution >= 4 is 17.9 Å². The summed E-state index contributed by atoms with van der Waals surface area (Å²) in [6.45, 7) is 1.72. The van der Waals surface area contributed by atoms with Gasteiger partial charge in [0.15, 0.2) is 23.0 Å². The molecule has 0 N–H and O–H groups in total. The van der Waals surface area contributed by atoms with Crippen molar-refractivity contribution < 1.29 is 28.5 Å². The van der Waals surface area contributed by atoms with Crippen molar-refractivity contribution in [2.75, 3.05) is 21.0 Å². The van der Waals surface area contributed by atoms with E-state index in [1.165, 1.54) is 14.2 Å². The predicted molar refractivity (Wildman–Crippen MR) is 114 cm³/mol. The van der Waals surface area contributed by atoms with Crippen LogP contribution in [-0.4, -0.2) is 37.7 Å². The molecule has 0 aliphatic carbocycles. The number of rotatable bonds is 5. The lowest BCUT2D eigenvalue weighted by Crippen LogP contribution is -2.42. The first kappa shape index (κ1) is 21.0. The molecular formula is C24H20N2O6. The van der Waals surface area contributed by atoms with Crippen LogP contribution in [0.25, 0.3) is 6.08 Å². The van der Waals surface area contributed by atoms with Crippen LogP contribution in [0.5, 0.6) is 23.0 Å². The zero-order valence-corrected chi connectivity index (χ0v) is 17.8. The van der Waals surface area contributed by atoms with Gasteiger partial charge in [0.1, 0.15) is 11.6 Å². The van der Waals surface area contributed by atoms with Crippen molar-refractivity contribution in [3.8, 4) is 29.1 Å². The fourth-order valence-electron chi connectivity index (χ4n) is 3.60. The quantitative estimate of drug-likeness (QED) is 0.528. The van der Waals surface area contributed by atoms with Crippen LogP contribution in [0.4, 0.5) is 0 Å². The number of nitriles is 1. The number of nitrogens with zero attached hydrogens (tertiary/aromatic N) is 2. The van der Waals surface area contributed by atoms with E-state index in [0.29, 0.717) is 39.7 Å². The normalized spacial score (nSPS) is 16.4. The van der Waals surface area contributed by atoms with Gasteiger partial charge in [0.25, 0.3) is 11.8 Å². The second-order valence-corrected chi connectivity index (χ2v) is 7.17. The minimum absolute atomic E-state index is 0.00393. The second kappa shape index (κ2) is 8.47. The predicted octanol–water partition coefficient (Wildman–Crippen LogP) is 3.22. The molecule has 32 heavy (non-hydrogen) atoms. The summed E-state index contributed by atoms with van der Waals surface area (Å²) in [5, 5.41) is 9.60. The molecule has 8 nitrogen and oxygen atoms in total. The van der Waals surface area contributed by atoms with Gasteiger partial charge in [-0.25, -0.2) is 0 Å². The van der Waals surface area contributed by atoms with E-state index >= 15 is 0 Å². The van der Waals surface area contributed by atoms with Crippen LogP contribution in [0, 0.1) is 11.3 Å². The van der Waals surface area contributed by atoms with Crippen molar-refractivity contribution in [3.05, 3.63) is 64.2 Å². The molecule has 162 valence electrons. The van der Waals surface area contributed by atoms with Gasteiger partial charge in [-0.2, -0.15) is 5.26 Å². The van der Waals surface area contributed by atoms with Gasteiger partial charge in [0.05, 0.1) is 20.8 Å². The zero-order chi connectivity index (χ0) is 22.8. The molecule has 0 atom stereocenters. The van der Waals surface area contributed by atoms with E-state index in [9.17, 15) is 14.9 Å². The SMILES string of the molecule is COc1ccc(/C=C2/C(=O)N(Cc3ccc4c(c3)OCO4)C(=O)C(C#N)=C2C)cc1OC. The van der Waals surface area contributed by atoms with Crippen LogP contribution in [0.3, 0.4) is 0 Å². The second-order valence-electron chi connectivity index (χ2n) is 7.17. The number of carbonyl (C=O) groups excluding carboxylic acids is 2. The Bertz CT molecular complexity index is 1220. The van der Waals surface area contributed by atoms with E-state index < -0.39 is 11.8 Å². The summed E-state index contributed by atoms with van der Waals surface area (Å²) < 4.78 is 21.3. The lowest BCUT2D eigenvalue weighted by molar-refractivity contribution is -0.141. The highest BCUT2D eigenvalue weighted by Crippen LogP contribution is 2.35. The number of imide groups is 1. The summed E-state index contributed by atoms with van der Waals surface area (Å²) in [6, 6.07) is 12.3. The van der Waals surface area contributed by atoms with Crippen molar-refractivity contribution in [2.24, 2.45) is 0 Å². The van der Waals surface area contributed by atoms with E-state index in [4.69, 9.17) is 18.9 Å². The third-order valence-electron chi connectivity index (χ3n) is 5.32. The fraction of sp³-hybridized carbons (Fsp3) is 0.208. The van der Waals surface area contributed by atoms with Gasteiger partial charge in [0, 0.05) is 5.57 Å². The Morgan fingerprint density at radius 2 is 1.78 bits per heavy atom. The van der Waals surface area contributed by atoms with Gasteiger partial charge in [-0.3, -0.25) is 14.5 Å². The molecule has 0 bridgehead atoms. The Kier molecular flexibility index (Phi) is 5.56. The van der Waals surface area contributed by atoms with E-state index in [2.05, 4.69) is 0 Å². The lowest BCUT2D eigenvalue weighted by atomic mass is 9.93. The third kappa shape index (κ3) is 3.65. The summed E-state index contributed by atoms with van der Waals surface area (Å²) in [4.78, 5) is 27.3. The molecular weight excluding hydrogens is 412 g/mol. The molecule has 2 aromatic rings. The first-order valence-electron chi connectivity index (χ1n) is 9.76. The van der Waals surface area contributed by atoms with Crippen LogP contribution >= 0.6 is 0 Å². The standard InChI is InChI=1S/C24H20N2O6/c1-14-17(8-15-4-6-19(29-2)21(9-15)30-3)23(27)26(24(28)18(14)11-25)12-16-5-7-20-22(10-16)32-13-31-20/h4-10H,12-13H2,1-3H3/b17-8+. The summed E-state index contributed by atoms with van der Waals surface area (Å²) in [5.74, 6) is 1.09. The Labute approximate surface area is 184 Å². The van der Waals surface area contributed by atoms with Crippen molar-refractivity contribution in [1.82, 2.24) is 4.90 Å². The maximum absolute atomic E-state index is 13.3. The number of fused-ring (bicyclic) bond motifs is 1. The van der Waals surface area contributed by atoms with Gasteiger partial charge in [-0.05, 0) is 54.0 Å².